The van der Waals surface area contributed by atoms with E-state index in [-0.39, 0.29) is 18.9 Å². The molecule has 1 amide bonds. The summed E-state index contributed by atoms with van der Waals surface area (Å²) in [7, 11) is 0. The third kappa shape index (κ3) is 32.7. The molecule has 19 heteroatoms. The Morgan fingerprint density at radius 1 is 0.425 bits per heavy atom. The smallest absolute Gasteiger partial charge is 0.220 e. The maximum atomic E-state index is 13.4. The van der Waals surface area contributed by atoms with Gasteiger partial charge in [0.05, 0.1) is 38.6 Å². The van der Waals surface area contributed by atoms with Crippen LogP contribution in [0.4, 0.5) is 0 Å². The summed E-state index contributed by atoms with van der Waals surface area (Å²) in [6, 6.07) is -0.884. The van der Waals surface area contributed by atoms with Crippen LogP contribution in [0.15, 0.2) is 48.6 Å². The summed E-state index contributed by atoms with van der Waals surface area (Å²) in [5, 5.41) is 120. The van der Waals surface area contributed by atoms with E-state index < -0.39 is 124 Å². The molecule has 12 N–H and O–H groups in total. The number of hydrogen-bond donors (Lipinski definition) is 12. The van der Waals surface area contributed by atoms with Gasteiger partial charge >= 0.3 is 0 Å². The van der Waals surface area contributed by atoms with Crippen LogP contribution >= 0.6 is 0 Å². The fraction of sp³-hybridized carbons (Fsp3) is 0.868. The number of aliphatic hydroxyl groups excluding tert-OH is 11. The lowest BCUT2D eigenvalue weighted by atomic mass is 9.96. The fourth-order valence-corrected chi connectivity index (χ4v) is 11.6. The first-order valence-corrected chi connectivity index (χ1v) is 34.4. The number of amides is 1. The van der Waals surface area contributed by atoms with Crippen LogP contribution in [-0.2, 0) is 33.2 Å². The van der Waals surface area contributed by atoms with E-state index in [1.807, 2.05) is 0 Å². The van der Waals surface area contributed by atoms with Crippen LogP contribution in [0.25, 0.3) is 0 Å². The number of allylic oxidation sites excluding steroid dienone is 8. The van der Waals surface area contributed by atoms with Crippen LogP contribution in [0.5, 0.6) is 0 Å². The number of hydrogen-bond acceptors (Lipinski definition) is 18. The fourth-order valence-electron chi connectivity index (χ4n) is 11.6. The molecule has 0 saturated carbocycles. The molecular weight excluding hydrogens is 1120 g/mol. The van der Waals surface area contributed by atoms with Crippen LogP contribution in [0, 0.1) is 0 Å². The standard InChI is InChI=1S/C68H123NO18/c1-3-5-7-9-11-13-14-15-16-17-18-19-20-21-22-23-24-25-26-27-28-29-30-31-32-33-34-35-36-38-40-42-44-46-56(74)69-51(52(73)45-43-41-39-37-12-10-8-6-4-2)50-82-66-62(80)59(77)64(54(48-71)84-66)87-68-63(81)60(78)65(55(49-72)85-68)86-67-61(79)58(76)57(75)53(47-70)83-67/h5,7,11,13,15-16,18-19,51-55,57-68,70-73,75-81H,3-4,6,8-10,12,14,17,20-50H2,1-2H3,(H,69,74)/b7-5-,13-11-,16-15-,19-18-. The van der Waals surface area contributed by atoms with Crippen molar-refractivity contribution in [2.75, 3.05) is 26.4 Å². The Bertz CT molecular complexity index is 1770. The van der Waals surface area contributed by atoms with Crippen molar-refractivity contribution in [1.29, 1.82) is 0 Å². The zero-order chi connectivity index (χ0) is 63.3. The molecule has 0 aromatic heterocycles. The summed E-state index contributed by atoms with van der Waals surface area (Å²) in [5.41, 5.74) is 0. The maximum absolute atomic E-state index is 13.4. The molecular formula is C68H123NO18. The molecule has 17 atom stereocenters. The Balaban J connectivity index is 1.31. The molecule has 3 fully saturated rings. The van der Waals surface area contributed by atoms with Gasteiger partial charge in [-0.25, -0.2) is 0 Å². The highest BCUT2D eigenvalue weighted by atomic mass is 16.8. The van der Waals surface area contributed by atoms with Crippen LogP contribution in [0.1, 0.15) is 245 Å². The molecule has 3 saturated heterocycles. The van der Waals surface area contributed by atoms with Gasteiger partial charge in [0.2, 0.25) is 5.91 Å². The second kappa shape index (κ2) is 50.3. The second-order valence-corrected chi connectivity index (χ2v) is 24.6. The number of carbonyl (C=O) groups is 1. The predicted octanol–water partition coefficient (Wildman–Crippen LogP) is 8.61. The molecule has 87 heavy (non-hydrogen) atoms. The van der Waals surface area contributed by atoms with Crippen LogP contribution in [-0.4, -0.2) is 193 Å². The molecule has 0 aromatic rings. The van der Waals surface area contributed by atoms with Crippen LogP contribution in [0.3, 0.4) is 0 Å². The normalized spacial score (nSPS) is 28.9. The van der Waals surface area contributed by atoms with Crippen LogP contribution in [0.2, 0.25) is 0 Å². The third-order valence-electron chi connectivity index (χ3n) is 17.2. The first-order chi connectivity index (χ1) is 42.3. The molecule has 0 bridgehead atoms. The van der Waals surface area contributed by atoms with Crippen molar-refractivity contribution in [3.05, 3.63) is 48.6 Å². The first-order valence-electron chi connectivity index (χ1n) is 34.4. The van der Waals surface area contributed by atoms with E-state index in [0.29, 0.717) is 12.8 Å². The Labute approximate surface area is 523 Å². The van der Waals surface area contributed by atoms with Gasteiger partial charge in [-0.1, -0.05) is 236 Å². The number of ether oxygens (including phenoxy) is 6. The number of carbonyl (C=O) groups excluding carboxylic acids is 1. The van der Waals surface area contributed by atoms with Gasteiger partial charge in [-0.15, -0.1) is 0 Å². The number of aliphatic hydroxyl groups is 11. The summed E-state index contributed by atoms with van der Waals surface area (Å²) in [6.45, 7) is 1.65. The van der Waals surface area contributed by atoms with Gasteiger partial charge in [-0.05, 0) is 51.4 Å². The Morgan fingerprint density at radius 2 is 0.793 bits per heavy atom. The summed E-state index contributed by atoms with van der Waals surface area (Å²) >= 11 is 0. The quantitative estimate of drug-likeness (QED) is 0.0200. The van der Waals surface area contributed by atoms with Crippen molar-refractivity contribution in [3.63, 3.8) is 0 Å². The van der Waals surface area contributed by atoms with Gasteiger partial charge in [-0.2, -0.15) is 0 Å². The number of nitrogens with one attached hydrogen (secondary N) is 1. The summed E-state index contributed by atoms with van der Waals surface area (Å²) in [6.07, 6.45) is 32.4. The SMILES string of the molecule is CC/C=C\C/C=C\C/C=C\C/C=C\CCCCCCCCCCCCCCCCCCCCCCC(=O)NC(COC1OC(CO)C(OC2OC(CO)C(OC3OC(CO)C(O)C(O)C3O)C(O)C2O)C(O)C1O)C(O)CCCCCCCCCCC. The van der Waals surface area contributed by atoms with E-state index >= 15 is 0 Å². The average Bonchev–Trinajstić information content (AvgIpc) is 1.04. The Kier molecular flexibility index (Phi) is 45.7. The molecule has 0 radical (unpaired) electrons. The lowest BCUT2D eigenvalue weighted by Crippen LogP contribution is -2.66. The number of rotatable bonds is 52. The van der Waals surface area contributed by atoms with Crippen molar-refractivity contribution >= 4 is 5.91 Å². The van der Waals surface area contributed by atoms with Gasteiger partial charge in [0.1, 0.15) is 73.2 Å². The monoisotopic (exact) mass is 1240 g/mol. The average molecular weight is 1240 g/mol. The Hall–Kier alpha value is -2.25. The number of unbranched alkanes of at least 4 members (excludes halogenated alkanes) is 28. The van der Waals surface area contributed by atoms with E-state index in [9.17, 15) is 61.0 Å². The van der Waals surface area contributed by atoms with E-state index in [2.05, 4.69) is 67.8 Å². The predicted molar refractivity (Wildman–Crippen MR) is 337 cm³/mol. The van der Waals surface area contributed by atoms with E-state index in [1.54, 1.807) is 0 Å². The third-order valence-corrected chi connectivity index (χ3v) is 17.2. The zero-order valence-electron chi connectivity index (χ0n) is 53.5. The van der Waals surface area contributed by atoms with Crippen LogP contribution < -0.4 is 5.32 Å². The van der Waals surface area contributed by atoms with Gasteiger partial charge in [0.25, 0.3) is 0 Å². The summed E-state index contributed by atoms with van der Waals surface area (Å²) in [4.78, 5) is 13.4. The van der Waals surface area contributed by atoms with E-state index in [1.165, 1.54) is 141 Å². The molecule has 3 aliphatic heterocycles. The molecule has 3 heterocycles. The second-order valence-electron chi connectivity index (χ2n) is 24.6. The summed E-state index contributed by atoms with van der Waals surface area (Å²) in [5.74, 6) is -0.243. The largest absolute Gasteiger partial charge is 0.394 e. The van der Waals surface area contributed by atoms with Crippen molar-refractivity contribution in [2.24, 2.45) is 0 Å². The summed E-state index contributed by atoms with van der Waals surface area (Å²) < 4.78 is 34.3. The molecule has 0 spiro atoms. The highest BCUT2D eigenvalue weighted by molar-refractivity contribution is 5.76. The lowest BCUT2D eigenvalue weighted by molar-refractivity contribution is -0.379. The molecule has 508 valence electrons. The van der Waals surface area contributed by atoms with Gasteiger partial charge in [0, 0.05) is 6.42 Å². The molecule has 17 unspecified atom stereocenters. The molecule has 0 aromatic carbocycles. The molecule has 3 rings (SSSR count). The van der Waals surface area contributed by atoms with E-state index in [0.717, 1.165) is 70.6 Å². The van der Waals surface area contributed by atoms with Gasteiger partial charge in [-0.3, -0.25) is 4.79 Å². The van der Waals surface area contributed by atoms with Crippen molar-refractivity contribution in [2.45, 2.75) is 349 Å². The van der Waals surface area contributed by atoms with Crippen molar-refractivity contribution in [1.82, 2.24) is 5.32 Å². The van der Waals surface area contributed by atoms with Gasteiger partial charge < -0.3 is 89.9 Å². The highest BCUT2D eigenvalue weighted by Gasteiger charge is 2.53. The van der Waals surface area contributed by atoms with Gasteiger partial charge in [0.15, 0.2) is 18.9 Å². The molecule has 0 aliphatic carbocycles. The molecule has 3 aliphatic rings. The van der Waals surface area contributed by atoms with Crippen molar-refractivity contribution in [3.8, 4) is 0 Å². The molecule has 19 nitrogen and oxygen atoms in total. The minimum absolute atomic E-state index is 0.243. The topological polar surface area (TPSA) is 307 Å². The highest BCUT2D eigenvalue weighted by Crippen LogP contribution is 2.33. The zero-order valence-corrected chi connectivity index (χ0v) is 53.5. The Morgan fingerprint density at radius 3 is 1.24 bits per heavy atom. The minimum atomic E-state index is -1.97. The maximum Gasteiger partial charge on any atom is 0.220 e. The lowest BCUT2D eigenvalue weighted by Gasteiger charge is -2.48. The first kappa shape index (κ1) is 79.0. The van der Waals surface area contributed by atoms with Crippen molar-refractivity contribution < 1.29 is 89.4 Å². The minimum Gasteiger partial charge on any atom is -0.394 e. The van der Waals surface area contributed by atoms with E-state index in [4.69, 9.17) is 28.4 Å².